The number of hydrogen-bond acceptors (Lipinski definition) is 3. The molecule has 0 atom stereocenters. The van der Waals surface area contributed by atoms with Crippen LogP contribution in [0.4, 0.5) is 17.1 Å². The normalized spacial score (nSPS) is 13.9. The molecular weight excluding hydrogens is 791 g/mol. The summed E-state index contributed by atoms with van der Waals surface area (Å²) in [6, 6.07) is 89.7. The molecule has 0 N–H and O–H groups in total. The Kier molecular flexibility index (Phi) is 8.34. The Hall–Kier alpha value is -8.40. The molecule has 2 aliphatic carbocycles. The molecular formula is C62H41NO2. The minimum absolute atomic E-state index is 0.561. The first-order valence-electron chi connectivity index (χ1n) is 22.3. The molecule has 1 spiro atoms. The van der Waals surface area contributed by atoms with Crippen molar-refractivity contribution in [1.29, 1.82) is 0 Å². The monoisotopic (exact) mass is 831 g/mol. The van der Waals surface area contributed by atoms with E-state index in [0.29, 0.717) is 0 Å². The molecule has 65 heavy (non-hydrogen) atoms. The zero-order chi connectivity index (χ0) is 43.0. The molecule has 1 aliphatic heterocycles. The summed E-state index contributed by atoms with van der Waals surface area (Å²) in [5.74, 6) is 3.32. The van der Waals surface area contributed by atoms with Crippen molar-refractivity contribution in [3.63, 3.8) is 0 Å². The van der Waals surface area contributed by atoms with Gasteiger partial charge in [0, 0.05) is 28.1 Å². The number of benzene rings is 10. The second kappa shape index (κ2) is 14.6. The molecule has 10 aromatic rings. The number of hydrogen-bond donors (Lipinski definition) is 0. The molecule has 0 saturated carbocycles. The Morgan fingerprint density at radius 3 is 1.45 bits per heavy atom. The standard InChI is InChI=1S/C62H41NO2/c1-3-19-42(20-4-1)61(51-28-10-7-25-48(51)49-26-8-11-29-52(49)61)43-21-17-22-45(41-43)63(44-37-39-47(40-38-44)64-46-23-5-2-6-24-46)57-34-18-33-56-60(57)50-27-9-12-30-53(50)62(56)54-31-13-15-35-58(54)65-59-36-16-14-32-55(59)62/h1-41H. The molecule has 3 nitrogen and oxygen atoms in total. The summed E-state index contributed by atoms with van der Waals surface area (Å²) in [6.07, 6.45) is 0. The van der Waals surface area contributed by atoms with E-state index in [0.717, 1.165) is 51.2 Å². The van der Waals surface area contributed by atoms with Crippen molar-refractivity contribution in [2.75, 3.05) is 4.90 Å². The molecule has 0 bridgehead atoms. The third kappa shape index (κ3) is 5.36. The number of ether oxygens (including phenoxy) is 2. The molecule has 1 heterocycles. The van der Waals surface area contributed by atoms with E-state index in [2.05, 4.69) is 223 Å². The van der Waals surface area contributed by atoms with Gasteiger partial charge in [-0.25, -0.2) is 0 Å². The Labute approximate surface area is 379 Å². The van der Waals surface area contributed by atoms with Crippen molar-refractivity contribution >= 4 is 17.1 Å². The number of fused-ring (bicyclic) bond motifs is 12. The lowest BCUT2D eigenvalue weighted by Gasteiger charge is -2.39. The Balaban J connectivity index is 1.08. The largest absolute Gasteiger partial charge is 0.457 e. The van der Waals surface area contributed by atoms with Crippen LogP contribution in [0.5, 0.6) is 23.0 Å². The van der Waals surface area contributed by atoms with Gasteiger partial charge in [-0.2, -0.15) is 0 Å². The summed E-state index contributed by atoms with van der Waals surface area (Å²) in [6.45, 7) is 0. The zero-order valence-electron chi connectivity index (χ0n) is 35.4. The fraction of sp³-hybridized carbons (Fsp3) is 0.0323. The summed E-state index contributed by atoms with van der Waals surface area (Å²) in [5, 5.41) is 0. The summed E-state index contributed by atoms with van der Waals surface area (Å²) >= 11 is 0. The zero-order valence-corrected chi connectivity index (χ0v) is 35.4. The van der Waals surface area contributed by atoms with E-state index in [1.54, 1.807) is 0 Å². The molecule has 3 aliphatic rings. The maximum atomic E-state index is 6.70. The van der Waals surface area contributed by atoms with Gasteiger partial charge in [-0.1, -0.05) is 182 Å². The molecule has 0 amide bonds. The van der Waals surface area contributed by atoms with Gasteiger partial charge in [0.25, 0.3) is 0 Å². The molecule has 0 aromatic heterocycles. The second-order valence-electron chi connectivity index (χ2n) is 17.1. The SMILES string of the molecule is c1ccc(Oc2ccc(N(c3cccc(C4(c5ccccc5)c5ccccc5-c5ccccc54)c3)c3cccc4c3-c3ccccc3C43c4ccccc4Oc4ccccc43)cc2)cc1. The van der Waals surface area contributed by atoms with Gasteiger partial charge in [-0.15, -0.1) is 0 Å². The predicted octanol–water partition coefficient (Wildman–Crippen LogP) is 15.8. The second-order valence-corrected chi connectivity index (χ2v) is 17.1. The molecule has 0 fully saturated rings. The van der Waals surface area contributed by atoms with Crippen LogP contribution in [0, 0.1) is 0 Å². The minimum Gasteiger partial charge on any atom is -0.457 e. The third-order valence-corrected chi connectivity index (χ3v) is 13.9. The molecule has 306 valence electrons. The Bertz CT molecular complexity index is 3360. The van der Waals surface area contributed by atoms with Crippen LogP contribution in [0.15, 0.2) is 249 Å². The van der Waals surface area contributed by atoms with Crippen LogP contribution in [0.1, 0.15) is 44.5 Å². The van der Waals surface area contributed by atoms with Crippen LogP contribution in [0.2, 0.25) is 0 Å². The van der Waals surface area contributed by atoms with Crippen LogP contribution in [0.25, 0.3) is 22.3 Å². The van der Waals surface area contributed by atoms with Gasteiger partial charge in [-0.3, -0.25) is 0 Å². The van der Waals surface area contributed by atoms with Gasteiger partial charge < -0.3 is 14.4 Å². The van der Waals surface area contributed by atoms with Gasteiger partial charge in [-0.05, 0) is 117 Å². The average Bonchev–Trinajstić information content (AvgIpc) is 3.84. The fourth-order valence-electron chi connectivity index (χ4n) is 11.4. The quantitative estimate of drug-likeness (QED) is 0.160. The summed E-state index contributed by atoms with van der Waals surface area (Å²) in [7, 11) is 0. The molecule has 0 unspecified atom stereocenters. The molecule has 0 radical (unpaired) electrons. The predicted molar refractivity (Wildman–Crippen MR) is 262 cm³/mol. The first kappa shape index (κ1) is 37.2. The molecule has 10 aromatic carbocycles. The van der Waals surface area contributed by atoms with E-state index in [1.165, 1.54) is 55.6 Å². The van der Waals surface area contributed by atoms with Crippen LogP contribution < -0.4 is 14.4 Å². The topological polar surface area (TPSA) is 21.7 Å². The van der Waals surface area contributed by atoms with Crippen molar-refractivity contribution in [2.24, 2.45) is 0 Å². The lowest BCUT2D eigenvalue weighted by atomic mass is 9.66. The van der Waals surface area contributed by atoms with Gasteiger partial charge in [0.1, 0.15) is 23.0 Å². The number of para-hydroxylation sites is 3. The van der Waals surface area contributed by atoms with E-state index in [9.17, 15) is 0 Å². The van der Waals surface area contributed by atoms with E-state index < -0.39 is 10.8 Å². The molecule has 3 heteroatoms. The van der Waals surface area contributed by atoms with Gasteiger partial charge in [0.2, 0.25) is 0 Å². The molecule has 13 rings (SSSR count). The van der Waals surface area contributed by atoms with E-state index in [-0.39, 0.29) is 0 Å². The van der Waals surface area contributed by atoms with Crippen molar-refractivity contribution in [3.8, 4) is 45.3 Å². The van der Waals surface area contributed by atoms with E-state index in [4.69, 9.17) is 9.47 Å². The van der Waals surface area contributed by atoms with Gasteiger partial charge in [0.05, 0.1) is 16.5 Å². The highest BCUT2D eigenvalue weighted by molar-refractivity contribution is 5.98. The Morgan fingerprint density at radius 2 is 0.800 bits per heavy atom. The summed E-state index contributed by atoms with van der Waals surface area (Å²) in [5.41, 5.74) is 16.7. The maximum Gasteiger partial charge on any atom is 0.132 e. The average molecular weight is 832 g/mol. The number of rotatable bonds is 7. The maximum absolute atomic E-state index is 6.70. The summed E-state index contributed by atoms with van der Waals surface area (Å²) in [4.78, 5) is 2.45. The van der Waals surface area contributed by atoms with Crippen LogP contribution in [0.3, 0.4) is 0 Å². The molecule has 0 saturated heterocycles. The van der Waals surface area contributed by atoms with Crippen LogP contribution >= 0.6 is 0 Å². The van der Waals surface area contributed by atoms with Crippen molar-refractivity contribution in [1.82, 2.24) is 0 Å². The number of nitrogens with zero attached hydrogens (tertiary/aromatic N) is 1. The highest BCUT2D eigenvalue weighted by Crippen LogP contribution is 2.64. The van der Waals surface area contributed by atoms with Crippen molar-refractivity contribution in [3.05, 3.63) is 293 Å². The van der Waals surface area contributed by atoms with Crippen LogP contribution in [-0.4, -0.2) is 0 Å². The summed E-state index contributed by atoms with van der Waals surface area (Å²) < 4.78 is 13.1. The number of anilines is 3. The van der Waals surface area contributed by atoms with Gasteiger partial charge in [0.15, 0.2) is 0 Å². The Morgan fingerprint density at radius 1 is 0.323 bits per heavy atom. The minimum atomic E-state index is -0.608. The van der Waals surface area contributed by atoms with E-state index in [1.807, 2.05) is 30.3 Å². The third-order valence-electron chi connectivity index (χ3n) is 13.9. The lowest BCUT2D eigenvalue weighted by molar-refractivity contribution is 0.436. The first-order valence-corrected chi connectivity index (χ1v) is 22.3. The first-order chi connectivity index (χ1) is 32.2. The lowest BCUT2D eigenvalue weighted by Crippen LogP contribution is -2.32. The highest BCUT2D eigenvalue weighted by atomic mass is 16.5. The fourth-order valence-corrected chi connectivity index (χ4v) is 11.4. The van der Waals surface area contributed by atoms with E-state index >= 15 is 0 Å². The highest BCUT2D eigenvalue weighted by Gasteiger charge is 2.52. The smallest absolute Gasteiger partial charge is 0.132 e. The van der Waals surface area contributed by atoms with Crippen molar-refractivity contribution < 1.29 is 9.47 Å². The van der Waals surface area contributed by atoms with Crippen molar-refractivity contribution in [2.45, 2.75) is 10.8 Å². The van der Waals surface area contributed by atoms with Gasteiger partial charge >= 0.3 is 0 Å². The van der Waals surface area contributed by atoms with Crippen LogP contribution in [-0.2, 0) is 10.8 Å².